The summed E-state index contributed by atoms with van der Waals surface area (Å²) in [7, 11) is 0. The monoisotopic (exact) mass is 330 g/mol. The highest BCUT2D eigenvalue weighted by atomic mass is 16.4. The Morgan fingerprint density at radius 1 is 1.33 bits per heavy atom. The number of hydrogen-bond donors (Lipinski definition) is 3. The number of fused-ring (bicyclic) bond motifs is 1. The molecule has 0 bridgehead atoms. The van der Waals surface area contributed by atoms with Crippen LogP contribution in [0, 0.1) is 5.92 Å². The Bertz CT molecular complexity index is 695. The van der Waals surface area contributed by atoms with Crippen LogP contribution in [-0.2, 0) is 6.42 Å². The normalized spacial score (nSPS) is 19.0. The van der Waals surface area contributed by atoms with Gasteiger partial charge in [0.1, 0.15) is 0 Å². The molecule has 2 aromatic rings. The topological polar surface area (TPSA) is 76.6 Å². The molecule has 0 amide bonds. The number of H-pyrrole nitrogens is 1. The van der Waals surface area contributed by atoms with Crippen LogP contribution in [0.1, 0.15) is 41.6 Å². The molecule has 2 heterocycles. The zero-order chi connectivity index (χ0) is 16.9. The number of aryl methyl sites for hydroxylation is 1. The van der Waals surface area contributed by atoms with Crippen molar-refractivity contribution in [3.63, 3.8) is 0 Å². The summed E-state index contributed by atoms with van der Waals surface area (Å²) in [5.41, 5.74) is 2.53. The molecule has 1 saturated heterocycles. The van der Waals surface area contributed by atoms with Gasteiger partial charge in [0, 0.05) is 30.3 Å². The molecule has 130 valence electrons. The van der Waals surface area contributed by atoms with Crippen molar-refractivity contribution in [3.05, 3.63) is 35.5 Å². The second kappa shape index (κ2) is 7.81. The lowest BCUT2D eigenvalue weighted by molar-refractivity contribution is 0.0697. The van der Waals surface area contributed by atoms with Crippen LogP contribution in [-0.4, -0.2) is 52.3 Å². The molecule has 0 aliphatic carbocycles. The number of hydrogen-bond acceptors (Lipinski definition) is 3. The fourth-order valence-corrected chi connectivity index (χ4v) is 3.67. The van der Waals surface area contributed by atoms with E-state index in [2.05, 4.69) is 9.88 Å². The van der Waals surface area contributed by atoms with Gasteiger partial charge in [0.2, 0.25) is 0 Å². The van der Waals surface area contributed by atoms with Gasteiger partial charge in [0.25, 0.3) is 0 Å². The number of aromatic amines is 1. The minimum absolute atomic E-state index is 0.303. The number of aliphatic hydroxyl groups excluding tert-OH is 1. The van der Waals surface area contributed by atoms with E-state index in [-0.39, 0.29) is 0 Å². The molecule has 1 aromatic heterocycles. The second-order valence-corrected chi connectivity index (χ2v) is 6.83. The SMILES string of the molecule is O=C(O)c1ccc2[nH]cc(CCCCN3CCCC(CO)C3)c2c1. The number of nitrogens with zero attached hydrogens (tertiary/aromatic N) is 1. The van der Waals surface area contributed by atoms with Crippen molar-refractivity contribution in [1.82, 2.24) is 9.88 Å². The number of benzene rings is 1. The maximum Gasteiger partial charge on any atom is 0.335 e. The first-order valence-electron chi connectivity index (χ1n) is 8.84. The van der Waals surface area contributed by atoms with Crippen molar-refractivity contribution < 1.29 is 15.0 Å². The van der Waals surface area contributed by atoms with E-state index in [1.807, 2.05) is 12.3 Å². The summed E-state index contributed by atoms with van der Waals surface area (Å²) in [5, 5.41) is 19.5. The highest BCUT2D eigenvalue weighted by Gasteiger charge is 2.18. The number of likely N-dealkylation sites (tertiary alicyclic amines) is 1. The van der Waals surface area contributed by atoms with Gasteiger partial charge in [-0.05, 0) is 74.9 Å². The van der Waals surface area contributed by atoms with Crippen molar-refractivity contribution in [2.24, 2.45) is 5.92 Å². The number of aliphatic hydroxyl groups is 1. The third-order valence-corrected chi connectivity index (χ3v) is 5.05. The van der Waals surface area contributed by atoms with Gasteiger partial charge >= 0.3 is 5.97 Å². The Balaban J connectivity index is 1.52. The molecule has 24 heavy (non-hydrogen) atoms. The Labute approximate surface area is 142 Å². The number of aromatic carboxylic acids is 1. The first-order valence-corrected chi connectivity index (χ1v) is 8.84. The van der Waals surface area contributed by atoms with Gasteiger partial charge in [0.05, 0.1) is 5.56 Å². The van der Waals surface area contributed by atoms with Gasteiger partial charge in [0.15, 0.2) is 0 Å². The number of carbonyl (C=O) groups is 1. The molecule has 1 aliphatic heterocycles. The van der Waals surface area contributed by atoms with Crippen LogP contribution in [0.2, 0.25) is 0 Å². The van der Waals surface area contributed by atoms with E-state index in [4.69, 9.17) is 5.11 Å². The van der Waals surface area contributed by atoms with Crippen molar-refractivity contribution in [2.45, 2.75) is 32.1 Å². The minimum atomic E-state index is -0.882. The van der Waals surface area contributed by atoms with Crippen LogP contribution in [0.5, 0.6) is 0 Å². The predicted octanol–water partition coefficient (Wildman–Crippen LogP) is 2.89. The van der Waals surface area contributed by atoms with Crippen molar-refractivity contribution >= 4 is 16.9 Å². The summed E-state index contributed by atoms with van der Waals surface area (Å²) in [6, 6.07) is 5.24. The molecule has 5 heteroatoms. The van der Waals surface area contributed by atoms with E-state index < -0.39 is 5.97 Å². The highest BCUT2D eigenvalue weighted by molar-refractivity contribution is 5.94. The fraction of sp³-hybridized carbons (Fsp3) is 0.526. The maximum absolute atomic E-state index is 11.1. The van der Waals surface area contributed by atoms with E-state index in [1.54, 1.807) is 12.1 Å². The Morgan fingerprint density at radius 3 is 3.00 bits per heavy atom. The van der Waals surface area contributed by atoms with Gasteiger partial charge in [-0.1, -0.05) is 0 Å². The van der Waals surface area contributed by atoms with Crippen molar-refractivity contribution in [1.29, 1.82) is 0 Å². The number of piperidine rings is 1. The Kier molecular flexibility index (Phi) is 5.53. The van der Waals surface area contributed by atoms with E-state index in [0.717, 1.165) is 56.2 Å². The molecule has 1 aromatic carbocycles. The molecule has 1 atom stereocenters. The van der Waals surface area contributed by atoms with Crippen molar-refractivity contribution in [2.75, 3.05) is 26.2 Å². The lowest BCUT2D eigenvalue weighted by Crippen LogP contribution is -2.37. The maximum atomic E-state index is 11.1. The molecule has 1 unspecified atom stereocenters. The van der Waals surface area contributed by atoms with E-state index >= 15 is 0 Å². The van der Waals surface area contributed by atoms with Crippen LogP contribution in [0.15, 0.2) is 24.4 Å². The number of aromatic nitrogens is 1. The summed E-state index contributed by atoms with van der Waals surface area (Å²) in [5.74, 6) is -0.436. The third-order valence-electron chi connectivity index (χ3n) is 5.05. The van der Waals surface area contributed by atoms with Crippen LogP contribution in [0.4, 0.5) is 0 Å². The number of nitrogens with one attached hydrogen (secondary N) is 1. The lowest BCUT2D eigenvalue weighted by atomic mass is 9.98. The van der Waals surface area contributed by atoms with E-state index in [1.165, 1.54) is 12.0 Å². The summed E-state index contributed by atoms with van der Waals surface area (Å²) in [4.78, 5) is 16.8. The predicted molar refractivity (Wildman–Crippen MR) is 94.4 cm³/mol. The summed E-state index contributed by atoms with van der Waals surface area (Å²) in [6.07, 6.45) is 7.51. The van der Waals surface area contributed by atoms with Gasteiger partial charge < -0.3 is 20.1 Å². The zero-order valence-corrected chi connectivity index (χ0v) is 14.0. The quantitative estimate of drug-likeness (QED) is 0.682. The zero-order valence-electron chi connectivity index (χ0n) is 14.0. The summed E-state index contributed by atoms with van der Waals surface area (Å²) in [6.45, 7) is 3.55. The first-order chi connectivity index (χ1) is 11.7. The van der Waals surface area contributed by atoms with E-state index in [0.29, 0.717) is 18.1 Å². The molecule has 5 nitrogen and oxygen atoms in total. The molecular weight excluding hydrogens is 304 g/mol. The first kappa shape index (κ1) is 17.0. The third kappa shape index (κ3) is 3.97. The number of rotatable bonds is 7. The van der Waals surface area contributed by atoms with Gasteiger partial charge in [-0.3, -0.25) is 0 Å². The molecule has 0 radical (unpaired) electrons. The van der Waals surface area contributed by atoms with Crippen molar-refractivity contribution in [3.8, 4) is 0 Å². The van der Waals surface area contributed by atoms with Gasteiger partial charge in [-0.25, -0.2) is 4.79 Å². The largest absolute Gasteiger partial charge is 0.478 e. The lowest BCUT2D eigenvalue weighted by Gasteiger charge is -2.31. The molecular formula is C19H26N2O3. The van der Waals surface area contributed by atoms with Crippen LogP contribution in [0.25, 0.3) is 10.9 Å². The smallest absolute Gasteiger partial charge is 0.335 e. The fourth-order valence-electron chi connectivity index (χ4n) is 3.67. The number of carboxylic acids is 1. The second-order valence-electron chi connectivity index (χ2n) is 6.83. The minimum Gasteiger partial charge on any atom is -0.478 e. The average Bonchev–Trinajstić information content (AvgIpc) is 3.01. The van der Waals surface area contributed by atoms with Crippen LogP contribution >= 0.6 is 0 Å². The molecule has 3 rings (SSSR count). The summed E-state index contributed by atoms with van der Waals surface area (Å²) >= 11 is 0. The van der Waals surface area contributed by atoms with Gasteiger partial charge in [-0.2, -0.15) is 0 Å². The average molecular weight is 330 g/mol. The van der Waals surface area contributed by atoms with Crippen LogP contribution < -0.4 is 0 Å². The standard InChI is InChI=1S/C19H26N2O3/c22-13-14-4-3-9-21(12-14)8-2-1-5-16-11-20-18-7-6-15(19(23)24)10-17(16)18/h6-7,10-11,14,20,22H,1-5,8-9,12-13H2,(H,23,24). The molecule has 1 fully saturated rings. The molecule has 0 spiro atoms. The summed E-state index contributed by atoms with van der Waals surface area (Å²) < 4.78 is 0. The molecule has 3 N–H and O–H groups in total. The van der Waals surface area contributed by atoms with Gasteiger partial charge in [-0.15, -0.1) is 0 Å². The van der Waals surface area contributed by atoms with E-state index in [9.17, 15) is 9.90 Å². The Morgan fingerprint density at radius 2 is 2.21 bits per heavy atom. The number of unbranched alkanes of at least 4 members (excludes halogenated alkanes) is 1. The Hall–Kier alpha value is -1.85. The highest BCUT2D eigenvalue weighted by Crippen LogP contribution is 2.22. The molecule has 1 aliphatic rings. The molecule has 0 saturated carbocycles. The number of carboxylic acid groups (broad SMARTS) is 1. The van der Waals surface area contributed by atoms with Crippen LogP contribution in [0.3, 0.4) is 0 Å².